The first kappa shape index (κ1) is 17.3. The Hall–Kier alpha value is -3.54. The van der Waals surface area contributed by atoms with Crippen molar-refractivity contribution in [3.05, 3.63) is 41.3 Å². The third-order valence-corrected chi connectivity index (χ3v) is 3.69. The fourth-order valence-corrected chi connectivity index (χ4v) is 2.42. The van der Waals surface area contributed by atoms with Gasteiger partial charge in [-0.3, -0.25) is 5.10 Å². The van der Waals surface area contributed by atoms with Crippen LogP contribution in [0.15, 0.2) is 34.6 Å². The number of nitriles is 1. The van der Waals surface area contributed by atoms with Gasteiger partial charge in [-0.2, -0.15) is 20.1 Å². The molecule has 0 spiro atoms. The van der Waals surface area contributed by atoms with Crippen molar-refractivity contribution in [1.82, 2.24) is 25.0 Å². The molecule has 9 heteroatoms. The minimum atomic E-state index is -0.308. The summed E-state index contributed by atoms with van der Waals surface area (Å²) in [6, 6.07) is 7.38. The van der Waals surface area contributed by atoms with Gasteiger partial charge in [-0.25, -0.2) is 4.98 Å². The van der Waals surface area contributed by atoms with Gasteiger partial charge in [0.2, 0.25) is 5.88 Å². The molecule has 3 heterocycles. The molecular formula is C17H18N8O. The van der Waals surface area contributed by atoms with Crippen LogP contribution in [-0.4, -0.2) is 30.1 Å². The molecule has 0 fully saturated rings. The van der Waals surface area contributed by atoms with Crippen molar-refractivity contribution in [2.45, 2.75) is 33.1 Å². The number of hydrogen-bond acceptors (Lipinski definition) is 7. The molecule has 3 rings (SSSR count). The quantitative estimate of drug-likeness (QED) is 0.697. The number of hydrogen-bond donors (Lipinski definition) is 2. The van der Waals surface area contributed by atoms with Gasteiger partial charge in [-0.15, -0.1) is 10.2 Å². The van der Waals surface area contributed by atoms with E-state index in [0.717, 1.165) is 0 Å². The van der Waals surface area contributed by atoms with Crippen molar-refractivity contribution in [2.75, 3.05) is 0 Å². The Labute approximate surface area is 150 Å². The average molecular weight is 350 g/mol. The topological polar surface area (TPSA) is 128 Å². The highest BCUT2D eigenvalue weighted by Crippen LogP contribution is 2.34. The minimum absolute atomic E-state index is 0.181. The monoisotopic (exact) mass is 350 g/mol. The van der Waals surface area contributed by atoms with Gasteiger partial charge in [0.05, 0.1) is 11.4 Å². The summed E-state index contributed by atoms with van der Waals surface area (Å²) >= 11 is 0. The second-order valence-corrected chi connectivity index (χ2v) is 6.71. The minimum Gasteiger partial charge on any atom is -0.492 e. The lowest BCUT2D eigenvalue weighted by Gasteiger charge is -2.14. The smallest absolute Gasteiger partial charge is 0.244 e. The first-order valence-electron chi connectivity index (χ1n) is 7.93. The lowest BCUT2D eigenvalue weighted by Crippen LogP contribution is -2.13. The highest BCUT2D eigenvalue weighted by atomic mass is 16.3. The number of aromatic nitrogens is 5. The van der Waals surface area contributed by atoms with E-state index in [9.17, 15) is 10.4 Å². The summed E-state index contributed by atoms with van der Waals surface area (Å²) < 4.78 is 1.28. The van der Waals surface area contributed by atoms with E-state index in [2.05, 4.69) is 36.6 Å². The van der Waals surface area contributed by atoms with E-state index in [4.69, 9.17) is 0 Å². The Morgan fingerprint density at radius 1 is 1.27 bits per heavy atom. The van der Waals surface area contributed by atoms with Gasteiger partial charge in [-0.1, -0.05) is 26.8 Å². The van der Waals surface area contributed by atoms with Crippen molar-refractivity contribution < 1.29 is 5.11 Å². The van der Waals surface area contributed by atoms with Crippen molar-refractivity contribution >= 4 is 11.5 Å². The maximum Gasteiger partial charge on any atom is 0.244 e. The highest BCUT2D eigenvalue weighted by Gasteiger charge is 2.24. The molecule has 0 atom stereocenters. The van der Waals surface area contributed by atoms with E-state index >= 15 is 0 Å². The Morgan fingerprint density at radius 3 is 2.65 bits per heavy atom. The molecule has 2 N–H and O–H groups in total. The van der Waals surface area contributed by atoms with E-state index in [-0.39, 0.29) is 22.8 Å². The molecular weight excluding hydrogens is 332 g/mol. The summed E-state index contributed by atoms with van der Waals surface area (Å²) in [6.45, 7) is 7.57. The maximum absolute atomic E-state index is 10.4. The normalized spacial score (nSPS) is 11.8. The zero-order valence-electron chi connectivity index (χ0n) is 14.9. The number of aromatic amines is 1. The standard InChI is InChI=1S/C17H18N8O/c1-10-13(16(26)25(24-10)12-7-5-6-8-19-12)20-22-15-11(9-18)14(21-23-15)17(2,3)4/h5-8,26H,1-4H3,(H,21,23)/b22-20+. The van der Waals surface area contributed by atoms with Crippen LogP contribution in [0.1, 0.15) is 37.7 Å². The van der Waals surface area contributed by atoms with Crippen LogP contribution >= 0.6 is 0 Å². The van der Waals surface area contributed by atoms with Crippen LogP contribution in [0.4, 0.5) is 11.5 Å². The highest BCUT2D eigenvalue weighted by molar-refractivity contribution is 5.55. The van der Waals surface area contributed by atoms with Crippen LogP contribution in [-0.2, 0) is 5.41 Å². The van der Waals surface area contributed by atoms with Crippen LogP contribution in [0.25, 0.3) is 5.82 Å². The first-order chi connectivity index (χ1) is 12.3. The molecule has 0 saturated heterocycles. The van der Waals surface area contributed by atoms with Gasteiger partial charge in [-0.05, 0) is 19.1 Å². The van der Waals surface area contributed by atoms with Crippen LogP contribution in [0.2, 0.25) is 0 Å². The summed E-state index contributed by atoms with van der Waals surface area (Å²) in [5.74, 6) is 0.518. The van der Waals surface area contributed by atoms with Crippen molar-refractivity contribution in [3.63, 3.8) is 0 Å². The summed E-state index contributed by atoms with van der Waals surface area (Å²) in [4.78, 5) is 4.15. The number of nitrogens with one attached hydrogen (secondary N) is 1. The average Bonchev–Trinajstić information content (AvgIpc) is 3.14. The van der Waals surface area contributed by atoms with Gasteiger partial charge in [0.15, 0.2) is 17.3 Å². The van der Waals surface area contributed by atoms with Crippen LogP contribution in [0, 0.1) is 18.3 Å². The third kappa shape index (κ3) is 3.04. The third-order valence-electron chi connectivity index (χ3n) is 3.69. The van der Waals surface area contributed by atoms with Crippen LogP contribution in [0.5, 0.6) is 5.88 Å². The predicted octanol–water partition coefficient (Wildman–Crippen LogP) is 3.59. The fraction of sp³-hybridized carbons (Fsp3) is 0.294. The van der Waals surface area contributed by atoms with E-state index < -0.39 is 0 Å². The predicted molar refractivity (Wildman–Crippen MR) is 93.9 cm³/mol. The number of azo groups is 1. The molecule has 0 unspecified atom stereocenters. The lowest BCUT2D eigenvalue weighted by molar-refractivity contribution is 0.433. The second-order valence-electron chi connectivity index (χ2n) is 6.71. The summed E-state index contributed by atoms with van der Waals surface area (Å²) in [5.41, 5.74) is 1.31. The van der Waals surface area contributed by atoms with Crippen LogP contribution < -0.4 is 0 Å². The zero-order valence-corrected chi connectivity index (χ0v) is 14.9. The molecule has 132 valence electrons. The summed E-state index contributed by atoms with van der Waals surface area (Å²) in [5, 5.41) is 39.1. The molecule has 26 heavy (non-hydrogen) atoms. The number of rotatable bonds is 3. The van der Waals surface area contributed by atoms with Crippen molar-refractivity contribution in [3.8, 4) is 17.8 Å². The Kier molecular flexibility index (Phi) is 4.26. The molecule has 0 radical (unpaired) electrons. The Balaban J connectivity index is 2.00. The Morgan fingerprint density at radius 2 is 2.04 bits per heavy atom. The molecule has 0 amide bonds. The first-order valence-corrected chi connectivity index (χ1v) is 7.93. The van der Waals surface area contributed by atoms with Gasteiger partial charge in [0, 0.05) is 11.6 Å². The molecule has 0 saturated carbocycles. The number of nitrogens with zero attached hydrogens (tertiary/aromatic N) is 7. The maximum atomic E-state index is 10.4. The van der Waals surface area contributed by atoms with Gasteiger partial charge < -0.3 is 5.11 Å². The molecule has 3 aromatic rings. The number of pyridine rings is 1. The second kappa shape index (κ2) is 6.40. The van der Waals surface area contributed by atoms with Crippen molar-refractivity contribution in [2.24, 2.45) is 10.2 Å². The molecule has 3 aromatic heterocycles. The largest absolute Gasteiger partial charge is 0.492 e. The molecule has 0 aromatic carbocycles. The number of aromatic hydroxyl groups is 1. The fourth-order valence-electron chi connectivity index (χ4n) is 2.42. The SMILES string of the molecule is Cc1nn(-c2ccccn2)c(O)c1/N=N/c1[nH]nc(C(C)(C)C)c1C#N. The van der Waals surface area contributed by atoms with E-state index in [0.29, 0.717) is 22.8 Å². The van der Waals surface area contributed by atoms with Gasteiger partial charge in [0.25, 0.3) is 0 Å². The molecule has 0 aliphatic rings. The number of H-pyrrole nitrogens is 1. The summed E-state index contributed by atoms with van der Waals surface area (Å²) in [6.07, 6.45) is 1.60. The van der Waals surface area contributed by atoms with Gasteiger partial charge in [0.1, 0.15) is 11.6 Å². The van der Waals surface area contributed by atoms with Gasteiger partial charge >= 0.3 is 0 Å². The lowest BCUT2D eigenvalue weighted by atomic mass is 9.90. The van der Waals surface area contributed by atoms with Crippen molar-refractivity contribution in [1.29, 1.82) is 5.26 Å². The van der Waals surface area contributed by atoms with Crippen LogP contribution in [0.3, 0.4) is 0 Å². The van der Waals surface area contributed by atoms with E-state index in [1.807, 2.05) is 20.8 Å². The zero-order chi connectivity index (χ0) is 18.9. The van der Waals surface area contributed by atoms with E-state index in [1.165, 1.54) is 4.68 Å². The molecule has 0 bridgehead atoms. The van der Waals surface area contributed by atoms with E-state index in [1.54, 1.807) is 31.3 Å². The molecule has 0 aliphatic heterocycles. The summed E-state index contributed by atoms with van der Waals surface area (Å²) in [7, 11) is 0. The molecule has 0 aliphatic carbocycles. The number of aryl methyl sites for hydroxylation is 1. The molecule has 9 nitrogen and oxygen atoms in total. The Bertz CT molecular complexity index is 1000.